The average Bonchev–Trinajstić information content (AvgIpc) is 2.58. The van der Waals surface area contributed by atoms with Gasteiger partial charge in [0.15, 0.2) is 6.61 Å². The molecule has 2 aromatic rings. The highest BCUT2D eigenvalue weighted by Gasteiger charge is 2.14. The number of halogens is 1. The first-order chi connectivity index (χ1) is 12.2. The standard InChI is InChI=1S/C21H25IO4/c1-12(2)17-8-15(10-19(22)21(17)24)9-18-13(3)6-16(7-14(18)4)26-11-20(23)25-5/h6-8,10,12,24H,9,11H2,1-5H3. The number of phenolic OH excluding ortho intramolecular Hbond substituents is 1. The fourth-order valence-electron chi connectivity index (χ4n) is 2.94. The van der Waals surface area contributed by atoms with Crippen LogP contribution in [0.5, 0.6) is 11.5 Å². The van der Waals surface area contributed by atoms with Crippen LogP contribution in [0.3, 0.4) is 0 Å². The molecule has 5 heteroatoms. The van der Waals surface area contributed by atoms with E-state index in [0.717, 1.165) is 26.7 Å². The van der Waals surface area contributed by atoms with Crippen LogP contribution in [0, 0.1) is 17.4 Å². The van der Waals surface area contributed by atoms with Gasteiger partial charge in [-0.3, -0.25) is 0 Å². The first-order valence-electron chi connectivity index (χ1n) is 8.54. The van der Waals surface area contributed by atoms with Gasteiger partial charge in [-0.15, -0.1) is 0 Å². The van der Waals surface area contributed by atoms with Gasteiger partial charge in [0.2, 0.25) is 0 Å². The number of methoxy groups -OCH3 is 1. The molecule has 0 bridgehead atoms. The molecule has 1 N–H and O–H groups in total. The fraction of sp³-hybridized carbons (Fsp3) is 0.381. The van der Waals surface area contributed by atoms with E-state index in [1.54, 1.807) is 0 Å². The number of hydrogen-bond acceptors (Lipinski definition) is 4. The van der Waals surface area contributed by atoms with Crippen LogP contribution in [-0.4, -0.2) is 24.8 Å². The van der Waals surface area contributed by atoms with Crippen molar-refractivity contribution in [1.82, 2.24) is 0 Å². The van der Waals surface area contributed by atoms with Gasteiger partial charge in [0, 0.05) is 0 Å². The smallest absolute Gasteiger partial charge is 0.343 e. The van der Waals surface area contributed by atoms with Crippen molar-refractivity contribution in [2.45, 2.75) is 40.0 Å². The van der Waals surface area contributed by atoms with Crippen LogP contribution in [0.2, 0.25) is 0 Å². The van der Waals surface area contributed by atoms with E-state index >= 15 is 0 Å². The third-order valence-corrected chi connectivity index (χ3v) is 5.23. The number of phenols is 1. The number of benzene rings is 2. The molecule has 140 valence electrons. The molecule has 4 nitrogen and oxygen atoms in total. The van der Waals surface area contributed by atoms with E-state index < -0.39 is 5.97 Å². The second kappa shape index (κ2) is 8.75. The van der Waals surface area contributed by atoms with Crippen molar-refractivity contribution in [1.29, 1.82) is 0 Å². The molecule has 0 aromatic heterocycles. The Hall–Kier alpha value is -1.76. The predicted molar refractivity (Wildman–Crippen MR) is 111 cm³/mol. The molecule has 0 aliphatic heterocycles. The monoisotopic (exact) mass is 468 g/mol. The zero-order valence-corrected chi connectivity index (χ0v) is 18.0. The zero-order valence-electron chi connectivity index (χ0n) is 15.9. The third kappa shape index (κ3) is 4.90. The molecule has 0 spiro atoms. The average molecular weight is 468 g/mol. The quantitative estimate of drug-likeness (QED) is 0.485. The SMILES string of the molecule is COC(=O)COc1cc(C)c(Cc2cc(I)c(O)c(C(C)C)c2)c(C)c1. The van der Waals surface area contributed by atoms with Crippen LogP contribution in [-0.2, 0) is 16.0 Å². The molecule has 26 heavy (non-hydrogen) atoms. The molecule has 0 atom stereocenters. The molecule has 0 unspecified atom stereocenters. The van der Waals surface area contributed by atoms with Crippen molar-refractivity contribution >= 4 is 28.6 Å². The Labute approximate surface area is 168 Å². The number of hydrogen-bond donors (Lipinski definition) is 1. The fourth-order valence-corrected chi connectivity index (χ4v) is 3.65. The van der Waals surface area contributed by atoms with Crippen LogP contribution < -0.4 is 4.74 Å². The Morgan fingerprint density at radius 3 is 2.31 bits per heavy atom. The Balaban J connectivity index is 2.29. The predicted octanol–water partition coefficient (Wildman–Crippen LogP) is 4.88. The molecule has 0 radical (unpaired) electrons. The highest BCUT2D eigenvalue weighted by Crippen LogP contribution is 2.33. The number of ether oxygens (including phenoxy) is 2. The lowest BCUT2D eigenvalue weighted by molar-refractivity contribution is -0.142. The van der Waals surface area contributed by atoms with Crippen molar-refractivity contribution in [3.05, 3.63) is 55.7 Å². The van der Waals surface area contributed by atoms with Gasteiger partial charge < -0.3 is 14.6 Å². The summed E-state index contributed by atoms with van der Waals surface area (Å²) in [6.07, 6.45) is 0.783. The zero-order chi connectivity index (χ0) is 19.4. The molecule has 0 saturated carbocycles. The number of aryl methyl sites for hydroxylation is 2. The largest absolute Gasteiger partial charge is 0.507 e. The van der Waals surface area contributed by atoms with E-state index in [-0.39, 0.29) is 12.5 Å². The molecular weight excluding hydrogens is 443 g/mol. The van der Waals surface area contributed by atoms with E-state index in [0.29, 0.717) is 11.5 Å². The second-order valence-electron chi connectivity index (χ2n) is 6.75. The van der Waals surface area contributed by atoms with E-state index in [9.17, 15) is 9.90 Å². The van der Waals surface area contributed by atoms with Gasteiger partial charge in [0.1, 0.15) is 11.5 Å². The van der Waals surface area contributed by atoms with Gasteiger partial charge in [-0.05, 0) is 94.8 Å². The number of rotatable bonds is 6. The summed E-state index contributed by atoms with van der Waals surface area (Å²) in [5.74, 6) is 0.908. The lowest BCUT2D eigenvalue weighted by Gasteiger charge is -2.16. The Bertz CT molecular complexity index is 789. The minimum atomic E-state index is -0.399. The van der Waals surface area contributed by atoms with Crippen LogP contribution in [0.1, 0.15) is 47.6 Å². The summed E-state index contributed by atoms with van der Waals surface area (Å²) in [6, 6.07) is 8.01. The molecule has 0 aliphatic rings. The van der Waals surface area contributed by atoms with E-state index in [1.807, 2.05) is 32.0 Å². The third-order valence-electron chi connectivity index (χ3n) is 4.41. The van der Waals surface area contributed by atoms with Gasteiger partial charge in [-0.1, -0.05) is 19.9 Å². The maximum absolute atomic E-state index is 11.2. The molecule has 0 amide bonds. The van der Waals surface area contributed by atoms with Gasteiger partial charge in [-0.25, -0.2) is 4.79 Å². The van der Waals surface area contributed by atoms with Crippen LogP contribution >= 0.6 is 22.6 Å². The summed E-state index contributed by atoms with van der Waals surface area (Å²) in [5, 5.41) is 10.3. The summed E-state index contributed by atoms with van der Waals surface area (Å²) in [6.45, 7) is 8.16. The van der Waals surface area contributed by atoms with Gasteiger partial charge in [0.05, 0.1) is 10.7 Å². The van der Waals surface area contributed by atoms with Crippen molar-refractivity contribution in [2.24, 2.45) is 0 Å². The first kappa shape index (κ1) is 20.6. The highest BCUT2D eigenvalue weighted by molar-refractivity contribution is 14.1. The summed E-state index contributed by atoms with van der Waals surface area (Å²) < 4.78 is 11.0. The van der Waals surface area contributed by atoms with Gasteiger partial charge in [-0.2, -0.15) is 0 Å². The van der Waals surface area contributed by atoms with Crippen molar-refractivity contribution in [3.8, 4) is 11.5 Å². The first-order valence-corrected chi connectivity index (χ1v) is 9.61. The Kier molecular flexibility index (Phi) is 6.92. The number of carbonyl (C=O) groups excluding carboxylic acids is 1. The molecular formula is C21H25IO4. The lowest BCUT2D eigenvalue weighted by atomic mass is 9.93. The Morgan fingerprint density at radius 1 is 1.15 bits per heavy atom. The minimum Gasteiger partial charge on any atom is -0.507 e. The Morgan fingerprint density at radius 2 is 1.77 bits per heavy atom. The molecule has 0 fully saturated rings. The highest BCUT2D eigenvalue weighted by atomic mass is 127. The van der Waals surface area contributed by atoms with E-state index in [4.69, 9.17) is 4.74 Å². The minimum absolute atomic E-state index is 0.0946. The maximum atomic E-state index is 11.2. The summed E-state index contributed by atoms with van der Waals surface area (Å²) in [4.78, 5) is 11.2. The van der Waals surface area contributed by atoms with Crippen LogP contribution in [0.15, 0.2) is 24.3 Å². The van der Waals surface area contributed by atoms with E-state index in [1.165, 1.54) is 18.2 Å². The summed E-state index contributed by atoms with van der Waals surface area (Å²) in [7, 11) is 1.34. The van der Waals surface area contributed by atoms with Gasteiger partial charge in [0.25, 0.3) is 0 Å². The number of esters is 1. The van der Waals surface area contributed by atoms with Crippen LogP contribution in [0.25, 0.3) is 0 Å². The molecule has 0 aliphatic carbocycles. The summed E-state index contributed by atoms with van der Waals surface area (Å²) in [5.41, 5.74) is 5.59. The lowest BCUT2D eigenvalue weighted by Crippen LogP contribution is -2.13. The number of carbonyl (C=O) groups is 1. The van der Waals surface area contributed by atoms with E-state index in [2.05, 4.69) is 47.2 Å². The second-order valence-corrected chi connectivity index (χ2v) is 7.91. The normalized spacial score (nSPS) is 10.9. The molecule has 0 saturated heterocycles. The van der Waals surface area contributed by atoms with Gasteiger partial charge >= 0.3 is 5.97 Å². The van der Waals surface area contributed by atoms with Crippen molar-refractivity contribution in [3.63, 3.8) is 0 Å². The molecule has 2 aromatic carbocycles. The molecule has 2 rings (SSSR count). The van der Waals surface area contributed by atoms with Crippen LogP contribution in [0.4, 0.5) is 0 Å². The molecule has 0 heterocycles. The topological polar surface area (TPSA) is 55.8 Å². The number of aromatic hydroxyl groups is 1. The van der Waals surface area contributed by atoms with Crippen molar-refractivity contribution < 1.29 is 19.4 Å². The summed E-state index contributed by atoms with van der Waals surface area (Å²) >= 11 is 2.18. The maximum Gasteiger partial charge on any atom is 0.343 e. The van der Waals surface area contributed by atoms with Crippen molar-refractivity contribution in [2.75, 3.05) is 13.7 Å².